The molecule has 0 aliphatic heterocycles. The van der Waals surface area contributed by atoms with Crippen molar-refractivity contribution < 1.29 is 9.18 Å². The third-order valence-corrected chi connectivity index (χ3v) is 4.57. The molecule has 4 aromatic rings. The number of rotatable bonds is 6. The molecule has 0 unspecified atom stereocenters. The van der Waals surface area contributed by atoms with Gasteiger partial charge in [0.05, 0.1) is 16.7 Å². The Hall–Kier alpha value is -3.48. The summed E-state index contributed by atoms with van der Waals surface area (Å²) in [6.07, 6.45) is 3.20. The highest BCUT2D eigenvalue weighted by atomic mass is 19.1. The van der Waals surface area contributed by atoms with Crippen molar-refractivity contribution >= 4 is 16.9 Å². The third-order valence-electron chi connectivity index (χ3n) is 4.57. The van der Waals surface area contributed by atoms with E-state index in [4.69, 9.17) is 0 Å². The summed E-state index contributed by atoms with van der Waals surface area (Å²) < 4.78 is 14.9. The molecule has 4 rings (SSSR count). The van der Waals surface area contributed by atoms with E-state index in [1.54, 1.807) is 36.3 Å². The van der Waals surface area contributed by atoms with Gasteiger partial charge in [-0.05, 0) is 42.8 Å². The molecule has 0 atom stereocenters. The number of aryl methyl sites for hydroxylation is 1. The van der Waals surface area contributed by atoms with E-state index < -0.39 is 0 Å². The Bertz CT molecular complexity index is 1080. The highest BCUT2D eigenvalue weighted by molar-refractivity contribution is 5.92. The molecule has 2 aromatic heterocycles. The van der Waals surface area contributed by atoms with E-state index in [-0.39, 0.29) is 11.7 Å². The van der Waals surface area contributed by atoms with E-state index in [0.717, 1.165) is 29.7 Å². The molecule has 2 heterocycles. The van der Waals surface area contributed by atoms with Crippen LogP contribution in [0.5, 0.6) is 0 Å². The Morgan fingerprint density at radius 2 is 2.04 bits per heavy atom. The quantitative estimate of drug-likeness (QED) is 0.558. The number of fused-ring (bicyclic) bond motifs is 1. The first-order valence-corrected chi connectivity index (χ1v) is 9.11. The second kappa shape index (κ2) is 7.64. The number of H-pyrrole nitrogens is 1. The van der Waals surface area contributed by atoms with Gasteiger partial charge in [0.1, 0.15) is 11.6 Å². The van der Waals surface area contributed by atoms with Gasteiger partial charge in [-0.25, -0.2) is 14.1 Å². The minimum absolute atomic E-state index is 0.167. The second-order valence-electron chi connectivity index (χ2n) is 6.66. The third kappa shape index (κ3) is 3.78. The van der Waals surface area contributed by atoms with Crippen molar-refractivity contribution in [2.45, 2.75) is 12.8 Å². The number of hydrogen-bond donors (Lipinski definition) is 1. The number of nitrogens with one attached hydrogen (secondary N) is 1. The fourth-order valence-corrected chi connectivity index (χ4v) is 3.11. The Kier molecular flexibility index (Phi) is 4.89. The van der Waals surface area contributed by atoms with Crippen molar-refractivity contribution in [3.8, 4) is 5.69 Å². The summed E-state index contributed by atoms with van der Waals surface area (Å²) in [5.41, 5.74) is 2.87. The van der Waals surface area contributed by atoms with E-state index in [0.29, 0.717) is 17.9 Å². The van der Waals surface area contributed by atoms with Crippen LogP contribution in [0.2, 0.25) is 0 Å². The van der Waals surface area contributed by atoms with Crippen LogP contribution in [0.3, 0.4) is 0 Å². The zero-order valence-corrected chi connectivity index (χ0v) is 15.5. The maximum atomic E-state index is 13.4. The Morgan fingerprint density at radius 3 is 2.86 bits per heavy atom. The lowest BCUT2D eigenvalue weighted by Gasteiger charge is -2.15. The first-order valence-electron chi connectivity index (χ1n) is 9.11. The van der Waals surface area contributed by atoms with Crippen molar-refractivity contribution in [1.82, 2.24) is 24.6 Å². The number of nitrogens with zero attached hydrogens (tertiary/aromatic N) is 4. The van der Waals surface area contributed by atoms with Gasteiger partial charge in [0, 0.05) is 26.2 Å². The first kappa shape index (κ1) is 17.9. The van der Waals surface area contributed by atoms with Crippen LogP contribution in [0.25, 0.3) is 16.7 Å². The lowest BCUT2D eigenvalue weighted by molar-refractivity contribution is 0.0787. The lowest BCUT2D eigenvalue weighted by atomic mass is 10.2. The number of hydrogen-bond acceptors (Lipinski definition) is 3. The van der Waals surface area contributed by atoms with Crippen molar-refractivity contribution in [2.75, 3.05) is 13.6 Å². The summed E-state index contributed by atoms with van der Waals surface area (Å²) in [6.45, 7) is 0.586. The van der Waals surface area contributed by atoms with Gasteiger partial charge in [0.25, 0.3) is 5.91 Å². The number of carbonyl (C=O) groups is 1. The second-order valence-corrected chi connectivity index (χ2v) is 6.66. The molecule has 2 aromatic carbocycles. The number of aromatic nitrogens is 4. The van der Waals surface area contributed by atoms with Crippen LogP contribution in [0.15, 0.2) is 60.8 Å². The van der Waals surface area contributed by atoms with Crippen LogP contribution >= 0.6 is 0 Å². The van der Waals surface area contributed by atoms with Gasteiger partial charge in [-0.15, -0.1) is 0 Å². The smallest absolute Gasteiger partial charge is 0.274 e. The van der Waals surface area contributed by atoms with Crippen molar-refractivity contribution in [1.29, 1.82) is 0 Å². The number of amides is 1. The van der Waals surface area contributed by atoms with Gasteiger partial charge in [-0.2, -0.15) is 5.10 Å². The van der Waals surface area contributed by atoms with E-state index in [9.17, 15) is 9.18 Å². The first-order chi connectivity index (χ1) is 13.6. The number of aromatic amines is 1. The summed E-state index contributed by atoms with van der Waals surface area (Å²) in [6, 6.07) is 15.6. The minimum atomic E-state index is -0.344. The number of para-hydroxylation sites is 2. The van der Waals surface area contributed by atoms with Crippen LogP contribution in [0.4, 0.5) is 4.39 Å². The lowest BCUT2D eigenvalue weighted by Crippen LogP contribution is -2.28. The molecule has 0 bridgehead atoms. The molecule has 142 valence electrons. The zero-order valence-electron chi connectivity index (χ0n) is 15.5. The maximum absolute atomic E-state index is 13.4. The van der Waals surface area contributed by atoms with Crippen LogP contribution in [0, 0.1) is 5.82 Å². The number of imidazole rings is 1. The van der Waals surface area contributed by atoms with E-state index in [1.807, 2.05) is 24.3 Å². The van der Waals surface area contributed by atoms with Crippen molar-refractivity contribution in [3.05, 3.63) is 78.1 Å². The van der Waals surface area contributed by atoms with Gasteiger partial charge in [0.2, 0.25) is 0 Å². The summed E-state index contributed by atoms with van der Waals surface area (Å²) in [7, 11) is 1.75. The van der Waals surface area contributed by atoms with E-state index in [2.05, 4.69) is 15.1 Å². The van der Waals surface area contributed by atoms with Gasteiger partial charge in [0.15, 0.2) is 5.69 Å². The largest absolute Gasteiger partial charge is 0.342 e. The normalized spacial score (nSPS) is 11.1. The molecule has 6 nitrogen and oxygen atoms in total. The number of carbonyl (C=O) groups excluding carboxylic acids is 1. The van der Waals surface area contributed by atoms with E-state index >= 15 is 0 Å². The Balaban J connectivity index is 1.35. The van der Waals surface area contributed by atoms with E-state index in [1.165, 1.54) is 16.8 Å². The maximum Gasteiger partial charge on any atom is 0.274 e. The highest BCUT2D eigenvalue weighted by Gasteiger charge is 2.15. The molecule has 0 aliphatic carbocycles. The molecule has 1 amide bonds. The summed E-state index contributed by atoms with van der Waals surface area (Å²) in [5, 5.41) is 4.28. The topological polar surface area (TPSA) is 66.8 Å². The van der Waals surface area contributed by atoms with Gasteiger partial charge in [-0.3, -0.25) is 4.79 Å². The van der Waals surface area contributed by atoms with Gasteiger partial charge >= 0.3 is 0 Å². The molecular formula is C21H20FN5O. The molecule has 0 saturated carbocycles. The van der Waals surface area contributed by atoms with Gasteiger partial charge in [-0.1, -0.05) is 18.2 Å². The Morgan fingerprint density at radius 1 is 1.18 bits per heavy atom. The minimum Gasteiger partial charge on any atom is -0.342 e. The van der Waals surface area contributed by atoms with Crippen LogP contribution in [-0.2, 0) is 6.42 Å². The highest BCUT2D eigenvalue weighted by Crippen LogP contribution is 2.13. The molecule has 7 heteroatoms. The standard InChI is InChI=1S/C21H20FN5O/c1-26(12-5-10-20-23-17-8-2-3-9-18(17)24-20)21(28)19-11-13-27(25-19)16-7-4-6-15(22)14-16/h2-4,6-9,11,13-14H,5,10,12H2,1H3,(H,23,24). The molecule has 0 aliphatic rings. The molecule has 1 N–H and O–H groups in total. The van der Waals surface area contributed by atoms with Crippen molar-refractivity contribution in [3.63, 3.8) is 0 Å². The molecule has 28 heavy (non-hydrogen) atoms. The fraction of sp³-hybridized carbons (Fsp3) is 0.190. The predicted molar refractivity (Wildman–Crippen MR) is 105 cm³/mol. The monoisotopic (exact) mass is 377 g/mol. The van der Waals surface area contributed by atoms with Crippen LogP contribution < -0.4 is 0 Å². The molecule has 0 saturated heterocycles. The summed E-state index contributed by atoms with van der Waals surface area (Å²) >= 11 is 0. The van der Waals surface area contributed by atoms with Crippen LogP contribution in [0.1, 0.15) is 22.7 Å². The molecule has 0 fully saturated rings. The molecule has 0 spiro atoms. The molecule has 0 radical (unpaired) electrons. The SMILES string of the molecule is CN(CCCc1nc2ccccc2[nH]1)C(=O)c1ccn(-c2cccc(F)c2)n1. The number of benzene rings is 2. The summed E-state index contributed by atoms with van der Waals surface area (Å²) in [5.74, 6) is 0.403. The zero-order chi connectivity index (χ0) is 19.5. The number of halogens is 1. The average Bonchev–Trinajstić information content (AvgIpc) is 3.34. The fourth-order valence-electron chi connectivity index (χ4n) is 3.11. The Labute approximate surface area is 161 Å². The van der Waals surface area contributed by atoms with Gasteiger partial charge < -0.3 is 9.88 Å². The molecular weight excluding hydrogens is 357 g/mol. The van der Waals surface area contributed by atoms with Crippen molar-refractivity contribution in [2.24, 2.45) is 0 Å². The average molecular weight is 377 g/mol. The predicted octanol–water partition coefficient (Wildman–Crippen LogP) is 3.59. The summed E-state index contributed by atoms with van der Waals surface area (Å²) in [4.78, 5) is 22.1. The van der Waals surface area contributed by atoms with Crippen LogP contribution in [-0.4, -0.2) is 44.1 Å².